The van der Waals surface area contributed by atoms with E-state index in [0.29, 0.717) is 12.0 Å². The van der Waals surface area contributed by atoms with Gasteiger partial charge < -0.3 is 10.4 Å². The number of aromatic nitrogens is 2. The predicted molar refractivity (Wildman–Crippen MR) is 75.6 cm³/mol. The Kier molecular flexibility index (Phi) is 4.21. The van der Waals surface area contributed by atoms with E-state index in [1.807, 2.05) is 0 Å². The molecule has 1 aromatic heterocycles. The van der Waals surface area contributed by atoms with Crippen LogP contribution < -0.4 is 5.32 Å². The van der Waals surface area contributed by atoms with Gasteiger partial charge in [-0.15, -0.1) is 0 Å². The molecule has 1 saturated carbocycles. The Bertz CT molecular complexity index is 395. The zero-order valence-corrected chi connectivity index (χ0v) is 12.2. The lowest BCUT2D eigenvalue weighted by Crippen LogP contribution is -2.45. The number of nitrogens with one attached hydrogen (secondary N) is 1. The molecule has 0 radical (unpaired) electrons. The van der Waals surface area contributed by atoms with Gasteiger partial charge in [0.15, 0.2) is 0 Å². The Morgan fingerprint density at radius 3 is 2.53 bits per heavy atom. The van der Waals surface area contributed by atoms with Gasteiger partial charge in [-0.1, -0.05) is 13.8 Å². The number of rotatable bonds is 4. The van der Waals surface area contributed by atoms with Crippen LogP contribution in [-0.2, 0) is 0 Å². The SMILES string of the molecule is CC(NCC1(O)CCC(C)(C)CC1)c1cnccn1. The third-order valence-electron chi connectivity index (χ3n) is 4.30. The van der Waals surface area contributed by atoms with Crippen molar-refractivity contribution in [1.29, 1.82) is 0 Å². The maximum absolute atomic E-state index is 10.6. The number of aliphatic hydroxyl groups is 1. The molecule has 0 spiro atoms. The molecule has 19 heavy (non-hydrogen) atoms. The fraction of sp³-hybridized carbons (Fsp3) is 0.733. The van der Waals surface area contributed by atoms with E-state index in [0.717, 1.165) is 31.4 Å². The van der Waals surface area contributed by atoms with Crippen molar-refractivity contribution in [3.63, 3.8) is 0 Å². The van der Waals surface area contributed by atoms with Crippen LogP contribution in [0.25, 0.3) is 0 Å². The molecule has 2 N–H and O–H groups in total. The lowest BCUT2D eigenvalue weighted by molar-refractivity contribution is -0.0258. The van der Waals surface area contributed by atoms with Crippen molar-refractivity contribution in [2.45, 2.75) is 58.1 Å². The van der Waals surface area contributed by atoms with Crippen molar-refractivity contribution < 1.29 is 5.11 Å². The van der Waals surface area contributed by atoms with E-state index in [2.05, 4.69) is 36.1 Å². The molecule has 1 heterocycles. The fourth-order valence-electron chi connectivity index (χ4n) is 2.55. The Morgan fingerprint density at radius 2 is 1.95 bits per heavy atom. The van der Waals surface area contributed by atoms with E-state index in [1.54, 1.807) is 18.6 Å². The van der Waals surface area contributed by atoms with Crippen molar-refractivity contribution in [1.82, 2.24) is 15.3 Å². The van der Waals surface area contributed by atoms with Crippen LogP contribution in [0, 0.1) is 5.41 Å². The summed E-state index contributed by atoms with van der Waals surface area (Å²) in [5.41, 5.74) is 0.733. The van der Waals surface area contributed by atoms with Gasteiger partial charge in [0.2, 0.25) is 0 Å². The van der Waals surface area contributed by atoms with E-state index in [1.165, 1.54) is 0 Å². The molecule has 1 unspecified atom stereocenters. The fourth-order valence-corrected chi connectivity index (χ4v) is 2.55. The molecule has 0 aromatic carbocycles. The van der Waals surface area contributed by atoms with Gasteiger partial charge in [0.1, 0.15) is 0 Å². The van der Waals surface area contributed by atoms with Gasteiger partial charge in [-0.2, -0.15) is 0 Å². The molecule has 1 aliphatic rings. The third-order valence-corrected chi connectivity index (χ3v) is 4.30. The second-order valence-corrected chi connectivity index (χ2v) is 6.62. The van der Waals surface area contributed by atoms with E-state index in [-0.39, 0.29) is 6.04 Å². The van der Waals surface area contributed by atoms with Crippen LogP contribution in [0.5, 0.6) is 0 Å². The summed E-state index contributed by atoms with van der Waals surface area (Å²) in [4.78, 5) is 8.35. The second kappa shape index (κ2) is 5.55. The summed E-state index contributed by atoms with van der Waals surface area (Å²) in [6, 6.07) is 0.118. The van der Waals surface area contributed by atoms with Crippen LogP contribution in [0.2, 0.25) is 0 Å². The van der Waals surface area contributed by atoms with Gasteiger partial charge in [-0.25, -0.2) is 0 Å². The molecule has 0 saturated heterocycles. The third kappa shape index (κ3) is 3.98. The lowest BCUT2D eigenvalue weighted by atomic mass is 9.71. The standard InChI is InChI=1S/C15H25N3O/c1-12(13-10-16-8-9-17-13)18-11-15(19)6-4-14(2,3)5-7-15/h8-10,12,18-19H,4-7,11H2,1-3H3. The average Bonchev–Trinajstić information content (AvgIpc) is 2.41. The van der Waals surface area contributed by atoms with E-state index in [9.17, 15) is 5.11 Å². The zero-order chi connectivity index (χ0) is 13.9. The van der Waals surface area contributed by atoms with Gasteiger partial charge in [0.05, 0.1) is 11.3 Å². The average molecular weight is 263 g/mol. The lowest BCUT2D eigenvalue weighted by Gasteiger charge is -2.40. The summed E-state index contributed by atoms with van der Waals surface area (Å²) >= 11 is 0. The topological polar surface area (TPSA) is 58.0 Å². The van der Waals surface area contributed by atoms with Crippen LogP contribution in [0.15, 0.2) is 18.6 Å². The largest absolute Gasteiger partial charge is 0.389 e. The van der Waals surface area contributed by atoms with Crippen molar-refractivity contribution in [2.24, 2.45) is 5.41 Å². The monoisotopic (exact) mass is 263 g/mol. The molecule has 1 aliphatic carbocycles. The van der Waals surface area contributed by atoms with Crippen molar-refractivity contribution in [3.8, 4) is 0 Å². The van der Waals surface area contributed by atoms with Gasteiger partial charge in [0, 0.05) is 31.2 Å². The summed E-state index contributed by atoms with van der Waals surface area (Å²) in [7, 11) is 0. The molecule has 0 aliphatic heterocycles. The highest BCUT2D eigenvalue weighted by Gasteiger charge is 2.36. The molecule has 1 aromatic rings. The molecule has 4 nitrogen and oxygen atoms in total. The first-order valence-corrected chi connectivity index (χ1v) is 7.12. The van der Waals surface area contributed by atoms with Crippen molar-refractivity contribution in [2.75, 3.05) is 6.54 Å². The number of hydrogen-bond acceptors (Lipinski definition) is 4. The molecule has 4 heteroatoms. The van der Waals surface area contributed by atoms with Gasteiger partial charge in [0.25, 0.3) is 0 Å². The smallest absolute Gasteiger partial charge is 0.0772 e. The molecule has 0 amide bonds. The molecule has 1 atom stereocenters. The predicted octanol–water partition coefficient (Wildman–Crippen LogP) is 2.46. The van der Waals surface area contributed by atoms with Gasteiger partial charge in [-0.05, 0) is 38.0 Å². The van der Waals surface area contributed by atoms with Crippen LogP contribution in [-0.4, -0.2) is 27.2 Å². The van der Waals surface area contributed by atoms with Crippen LogP contribution in [0.4, 0.5) is 0 Å². The minimum Gasteiger partial charge on any atom is -0.389 e. The zero-order valence-electron chi connectivity index (χ0n) is 12.2. The van der Waals surface area contributed by atoms with E-state index in [4.69, 9.17) is 0 Å². The first-order chi connectivity index (χ1) is 8.90. The Balaban J connectivity index is 1.85. The molecule has 0 bridgehead atoms. The Morgan fingerprint density at radius 1 is 1.26 bits per heavy atom. The summed E-state index contributed by atoms with van der Waals surface area (Å²) in [6.07, 6.45) is 9.07. The Labute approximate surface area is 115 Å². The highest BCUT2D eigenvalue weighted by molar-refractivity contribution is 5.01. The highest BCUT2D eigenvalue weighted by Crippen LogP contribution is 2.39. The van der Waals surface area contributed by atoms with Crippen LogP contribution >= 0.6 is 0 Å². The summed E-state index contributed by atoms with van der Waals surface area (Å²) in [5, 5.41) is 14.0. The maximum atomic E-state index is 10.6. The van der Waals surface area contributed by atoms with Gasteiger partial charge >= 0.3 is 0 Å². The molecular weight excluding hydrogens is 238 g/mol. The highest BCUT2D eigenvalue weighted by atomic mass is 16.3. The maximum Gasteiger partial charge on any atom is 0.0772 e. The number of nitrogens with zero attached hydrogens (tertiary/aromatic N) is 2. The summed E-state index contributed by atoms with van der Waals surface area (Å²) < 4.78 is 0. The van der Waals surface area contributed by atoms with Crippen LogP contribution in [0.1, 0.15) is 58.2 Å². The molecule has 2 rings (SSSR count). The summed E-state index contributed by atoms with van der Waals surface area (Å²) in [5.74, 6) is 0. The minimum atomic E-state index is -0.564. The second-order valence-electron chi connectivity index (χ2n) is 6.62. The number of hydrogen-bond donors (Lipinski definition) is 2. The molecular formula is C15H25N3O. The van der Waals surface area contributed by atoms with Gasteiger partial charge in [-0.3, -0.25) is 9.97 Å². The van der Waals surface area contributed by atoms with Crippen molar-refractivity contribution in [3.05, 3.63) is 24.3 Å². The van der Waals surface area contributed by atoms with Crippen molar-refractivity contribution >= 4 is 0 Å². The molecule has 106 valence electrons. The molecule has 1 fully saturated rings. The quantitative estimate of drug-likeness (QED) is 0.876. The first kappa shape index (κ1) is 14.4. The minimum absolute atomic E-state index is 0.118. The summed E-state index contributed by atoms with van der Waals surface area (Å²) in [6.45, 7) is 7.24. The van der Waals surface area contributed by atoms with E-state index >= 15 is 0 Å². The Hall–Kier alpha value is -1.00. The van der Waals surface area contributed by atoms with Crippen LogP contribution in [0.3, 0.4) is 0 Å². The normalized spacial score (nSPS) is 22.9. The van der Waals surface area contributed by atoms with E-state index < -0.39 is 5.60 Å². The first-order valence-electron chi connectivity index (χ1n) is 7.12.